The molecule has 1 fully saturated rings. The number of carbonyl (C=O) groups excluding carboxylic acids is 1. The van der Waals surface area contributed by atoms with Crippen LogP contribution in [0.5, 0.6) is 0 Å². The molecule has 1 saturated heterocycles. The minimum Gasteiger partial charge on any atom is -0.379 e. The summed E-state index contributed by atoms with van der Waals surface area (Å²) in [7, 11) is 1.69. The first-order chi connectivity index (χ1) is 15.5. The highest BCUT2D eigenvalue weighted by molar-refractivity contribution is 14.0. The summed E-state index contributed by atoms with van der Waals surface area (Å²) in [6.45, 7) is 5.25. The van der Waals surface area contributed by atoms with Gasteiger partial charge in [0.05, 0.1) is 19.1 Å². The first-order valence-corrected chi connectivity index (χ1v) is 10.9. The summed E-state index contributed by atoms with van der Waals surface area (Å²) in [6.07, 6.45) is 0.433. The van der Waals surface area contributed by atoms with Crippen molar-refractivity contribution in [2.24, 2.45) is 16.6 Å². The van der Waals surface area contributed by atoms with Gasteiger partial charge in [-0.15, -0.1) is 24.0 Å². The SMILES string of the molecule is CN=C(NCc1ccccc1CN1CCOCC1)NCC(Cc1ccc(F)cc1)C(N)=O.I. The average Bonchev–Trinajstić information content (AvgIpc) is 2.81. The van der Waals surface area contributed by atoms with Crippen molar-refractivity contribution in [3.8, 4) is 0 Å². The molecule has 9 heteroatoms. The Kier molecular flexibility index (Phi) is 11.6. The monoisotopic (exact) mass is 569 g/mol. The van der Waals surface area contributed by atoms with Crippen molar-refractivity contribution in [2.45, 2.75) is 19.5 Å². The van der Waals surface area contributed by atoms with Crippen LogP contribution in [0.2, 0.25) is 0 Å². The predicted molar refractivity (Wildman–Crippen MR) is 139 cm³/mol. The van der Waals surface area contributed by atoms with Gasteiger partial charge in [0.1, 0.15) is 5.82 Å². The summed E-state index contributed by atoms with van der Waals surface area (Å²) < 4.78 is 18.6. The Labute approximate surface area is 212 Å². The van der Waals surface area contributed by atoms with E-state index in [1.807, 2.05) is 6.07 Å². The molecule has 2 aromatic rings. The Balaban J connectivity index is 0.00000385. The molecular weight excluding hydrogens is 536 g/mol. The summed E-state index contributed by atoms with van der Waals surface area (Å²) in [6, 6.07) is 14.4. The summed E-state index contributed by atoms with van der Waals surface area (Å²) in [4.78, 5) is 18.6. The molecule has 0 bridgehead atoms. The van der Waals surface area contributed by atoms with Crippen LogP contribution in [0.1, 0.15) is 16.7 Å². The Morgan fingerprint density at radius 1 is 1.12 bits per heavy atom. The van der Waals surface area contributed by atoms with Gasteiger partial charge in [-0.05, 0) is 35.2 Å². The number of ether oxygens (including phenoxy) is 1. The molecule has 1 heterocycles. The number of halogens is 2. The summed E-state index contributed by atoms with van der Waals surface area (Å²) in [5, 5.41) is 6.51. The Hall–Kier alpha value is -2.24. The van der Waals surface area contributed by atoms with Crippen molar-refractivity contribution in [1.82, 2.24) is 15.5 Å². The largest absolute Gasteiger partial charge is 0.379 e. The van der Waals surface area contributed by atoms with Crippen LogP contribution < -0.4 is 16.4 Å². The molecule has 0 aliphatic carbocycles. The standard InChI is InChI=1S/C24H32FN5O2.HI/c1-27-24(29-16-21(23(26)31)14-18-6-8-22(25)9-7-18)28-15-19-4-2-3-5-20(19)17-30-10-12-32-13-11-30;/h2-9,21H,10-17H2,1H3,(H2,26,31)(H2,27,28,29);1H. The Morgan fingerprint density at radius 2 is 1.79 bits per heavy atom. The number of hydrogen-bond donors (Lipinski definition) is 3. The zero-order valence-electron chi connectivity index (χ0n) is 18.9. The number of nitrogens with zero attached hydrogens (tertiary/aromatic N) is 2. The van der Waals surface area contributed by atoms with Crippen molar-refractivity contribution >= 4 is 35.8 Å². The third-order valence-electron chi connectivity index (χ3n) is 5.60. The third kappa shape index (κ3) is 8.90. The third-order valence-corrected chi connectivity index (χ3v) is 5.60. The van der Waals surface area contributed by atoms with Gasteiger partial charge >= 0.3 is 0 Å². The smallest absolute Gasteiger partial charge is 0.222 e. The lowest BCUT2D eigenvalue weighted by Crippen LogP contribution is -2.43. The summed E-state index contributed by atoms with van der Waals surface area (Å²) >= 11 is 0. The highest BCUT2D eigenvalue weighted by Gasteiger charge is 2.17. The lowest BCUT2D eigenvalue weighted by Gasteiger charge is -2.27. The second-order valence-electron chi connectivity index (χ2n) is 7.89. The highest BCUT2D eigenvalue weighted by atomic mass is 127. The van der Waals surface area contributed by atoms with Gasteiger partial charge in [-0.2, -0.15) is 0 Å². The molecular formula is C24H33FIN5O2. The van der Waals surface area contributed by atoms with E-state index in [1.54, 1.807) is 19.2 Å². The topological polar surface area (TPSA) is 92.0 Å². The highest BCUT2D eigenvalue weighted by Crippen LogP contribution is 2.13. The van der Waals surface area contributed by atoms with E-state index in [-0.39, 0.29) is 29.8 Å². The molecule has 1 unspecified atom stereocenters. The summed E-state index contributed by atoms with van der Waals surface area (Å²) in [5.74, 6) is -0.557. The number of rotatable bonds is 9. The zero-order valence-corrected chi connectivity index (χ0v) is 21.3. The molecule has 180 valence electrons. The molecule has 4 N–H and O–H groups in total. The van der Waals surface area contributed by atoms with E-state index >= 15 is 0 Å². The maximum atomic E-state index is 13.1. The van der Waals surface area contributed by atoms with Gasteiger partial charge in [-0.25, -0.2) is 4.39 Å². The maximum Gasteiger partial charge on any atom is 0.222 e. The molecule has 2 aromatic carbocycles. The molecule has 1 amide bonds. The van der Waals surface area contributed by atoms with Crippen molar-refractivity contribution in [3.63, 3.8) is 0 Å². The minimum atomic E-state index is -0.437. The van der Waals surface area contributed by atoms with Gasteiger partial charge in [0.25, 0.3) is 0 Å². The van der Waals surface area contributed by atoms with E-state index in [1.165, 1.54) is 23.3 Å². The van der Waals surface area contributed by atoms with Crippen LogP contribution in [0.4, 0.5) is 4.39 Å². The fourth-order valence-electron chi connectivity index (χ4n) is 3.68. The van der Waals surface area contributed by atoms with Crippen LogP contribution in [-0.4, -0.2) is 56.7 Å². The number of morpholine rings is 1. The van der Waals surface area contributed by atoms with Crippen molar-refractivity contribution in [3.05, 3.63) is 71.0 Å². The fourth-order valence-corrected chi connectivity index (χ4v) is 3.68. The summed E-state index contributed by atoms with van der Waals surface area (Å²) in [5.41, 5.74) is 8.91. The molecule has 33 heavy (non-hydrogen) atoms. The Bertz CT molecular complexity index is 904. The quantitative estimate of drug-likeness (QED) is 0.245. The number of carbonyl (C=O) groups is 1. The molecule has 0 aromatic heterocycles. The minimum absolute atomic E-state index is 0. The van der Waals surface area contributed by atoms with E-state index < -0.39 is 11.8 Å². The molecule has 0 saturated carbocycles. The van der Waals surface area contributed by atoms with Crippen LogP contribution in [0.15, 0.2) is 53.5 Å². The van der Waals surface area contributed by atoms with E-state index in [2.05, 4.69) is 38.7 Å². The number of amides is 1. The molecule has 7 nitrogen and oxygen atoms in total. The normalized spacial score (nSPS) is 15.4. The average molecular weight is 569 g/mol. The number of primary amides is 1. The van der Waals surface area contributed by atoms with Gasteiger partial charge in [0.15, 0.2) is 5.96 Å². The number of nitrogens with one attached hydrogen (secondary N) is 2. The second kappa shape index (κ2) is 14.1. The van der Waals surface area contributed by atoms with Gasteiger partial charge < -0.3 is 21.1 Å². The van der Waals surface area contributed by atoms with Crippen molar-refractivity contribution in [1.29, 1.82) is 0 Å². The number of benzene rings is 2. The van der Waals surface area contributed by atoms with Gasteiger partial charge in [0, 0.05) is 39.8 Å². The van der Waals surface area contributed by atoms with E-state index in [0.29, 0.717) is 25.5 Å². The molecule has 3 rings (SSSR count). The van der Waals surface area contributed by atoms with Gasteiger partial charge in [0.2, 0.25) is 5.91 Å². The van der Waals surface area contributed by atoms with E-state index in [0.717, 1.165) is 38.4 Å². The van der Waals surface area contributed by atoms with Gasteiger partial charge in [-0.3, -0.25) is 14.7 Å². The van der Waals surface area contributed by atoms with E-state index in [9.17, 15) is 9.18 Å². The molecule has 1 aliphatic rings. The van der Waals surface area contributed by atoms with Crippen molar-refractivity contribution < 1.29 is 13.9 Å². The maximum absolute atomic E-state index is 13.1. The van der Waals surface area contributed by atoms with Gasteiger partial charge in [-0.1, -0.05) is 36.4 Å². The van der Waals surface area contributed by atoms with E-state index in [4.69, 9.17) is 10.5 Å². The van der Waals surface area contributed by atoms with Crippen LogP contribution in [0.3, 0.4) is 0 Å². The number of nitrogens with two attached hydrogens (primary N) is 1. The molecule has 0 spiro atoms. The van der Waals surface area contributed by atoms with Crippen LogP contribution >= 0.6 is 24.0 Å². The zero-order chi connectivity index (χ0) is 22.8. The number of aliphatic imine (C=N–C) groups is 1. The Morgan fingerprint density at radius 3 is 2.42 bits per heavy atom. The fraction of sp³-hybridized carbons (Fsp3) is 0.417. The first kappa shape index (κ1) is 27.0. The number of hydrogen-bond acceptors (Lipinski definition) is 4. The predicted octanol–water partition coefficient (Wildman–Crippen LogP) is 2.29. The lowest BCUT2D eigenvalue weighted by molar-refractivity contribution is -0.121. The van der Waals surface area contributed by atoms with Crippen LogP contribution in [0.25, 0.3) is 0 Å². The number of guanidine groups is 1. The first-order valence-electron chi connectivity index (χ1n) is 10.9. The molecule has 0 radical (unpaired) electrons. The molecule has 1 atom stereocenters. The van der Waals surface area contributed by atoms with Crippen LogP contribution in [-0.2, 0) is 29.0 Å². The second-order valence-corrected chi connectivity index (χ2v) is 7.89. The lowest BCUT2D eigenvalue weighted by atomic mass is 9.98. The molecule has 1 aliphatic heterocycles. The van der Waals surface area contributed by atoms with Crippen molar-refractivity contribution in [2.75, 3.05) is 39.9 Å². The van der Waals surface area contributed by atoms with Crippen LogP contribution in [0, 0.1) is 11.7 Å².